The van der Waals surface area contributed by atoms with Gasteiger partial charge in [-0.3, -0.25) is 10.1 Å². The van der Waals surface area contributed by atoms with Gasteiger partial charge in [-0.05, 0) is 0 Å². The Morgan fingerprint density at radius 1 is 1.67 bits per heavy atom. The van der Waals surface area contributed by atoms with Crippen LogP contribution in [0.5, 0.6) is 0 Å². The fourth-order valence-corrected chi connectivity index (χ4v) is 0.997. The van der Waals surface area contributed by atoms with Gasteiger partial charge in [-0.15, -0.1) is 0 Å². The van der Waals surface area contributed by atoms with Crippen LogP contribution in [0.25, 0.3) is 0 Å². The van der Waals surface area contributed by atoms with Gasteiger partial charge in [0.2, 0.25) is 0 Å². The first kappa shape index (κ1) is 11.2. The van der Waals surface area contributed by atoms with E-state index in [9.17, 15) is 18.9 Å². The van der Waals surface area contributed by atoms with Crippen molar-refractivity contribution in [1.82, 2.24) is 4.98 Å². The third kappa shape index (κ3) is 2.15. The molecule has 1 rings (SSSR count). The zero-order valence-electron chi connectivity index (χ0n) is 7.35. The highest BCUT2D eigenvalue weighted by Gasteiger charge is 2.21. The summed E-state index contributed by atoms with van der Waals surface area (Å²) < 4.78 is 24.5. The minimum atomic E-state index is -2.95. The van der Waals surface area contributed by atoms with Crippen LogP contribution in [0.4, 0.5) is 20.2 Å². The zero-order valence-corrected chi connectivity index (χ0v) is 7.35. The van der Waals surface area contributed by atoms with Crippen LogP contribution in [0.15, 0.2) is 6.07 Å². The molecule has 0 fully saturated rings. The summed E-state index contributed by atoms with van der Waals surface area (Å²) in [6.45, 7) is -0.729. The minimum Gasteiger partial charge on any atom is -0.392 e. The normalized spacial score (nSPS) is 10.7. The molecule has 8 heteroatoms. The summed E-state index contributed by atoms with van der Waals surface area (Å²) in [7, 11) is 0. The lowest BCUT2D eigenvalue weighted by Gasteiger charge is -2.05. The number of nitro groups is 1. The van der Waals surface area contributed by atoms with Gasteiger partial charge in [-0.25, -0.2) is 13.8 Å². The number of hydrogen-bond donors (Lipinski definition) is 2. The predicted molar refractivity (Wildman–Crippen MR) is 46.2 cm³/mol. The number of aliphatic hydroxyl groups excluding tert-OH is 1. The number of nitrogen functional groups attached to an aromatic ring is 1. The first-order valence-electron chi connectivity index (χ1n) is 3.80. The van der Waals surface area contributed by atoms with Crippen molar-refractivity contribution in [1.29, 1.82) is 0 Å². The first-order valence-corrected chi connectivity index (χ1v) is 3.80. The Balaban J connectivity index is 3.38. The highest BCUT2D eigenvalue weighted by molar-refractivity contribution is 5.61. The summed E-state index contributed by atoms with van der Waals surface area (Å²) >= 11 is 0. The average molecular weight is 219 g/mol. The Bertz CT molecular complexity index is 397. The number of aromatic nitrogens is 1. The van der Waals surface area contributed by atoms with Crippen LogP contribution in [0.2, 0.25) is 0 Å². The lowest BCUT2D eigenvalue weighted by molar-refractivity contribution is -0.384. The highest BCUT2D eigenvalue weighted by atomic mass is 19.3. The summed E-state index contributed by atoms with van der Waals surface area (Å²) in [4.78, 5) is 12.8. The molecule has 0 aliphatic heterocycles. The Morgan fingerprint density at radius 3 is 2.67 bits per heavy atom. The number of aliphatic hydroxyl groups is 1. The molecule has 0 spiro atoms. The van der Waals surface area contributed by atoms with Gasteiger partial charge in [0.05, 0.1) is 17.2 Å². The van der Waals surface area contributed by atoms with Crippen LogP contribution in [0.3, 0.4) is 0 Å². The summed E-state index contributed by atoms with van der Waals surface area (Å²) in [6.07, 6.45) is -2.95. The molecular weight excluding hydrogens is 212 g/mol. The van der Waals surface area contributed by atoms with Crippen molar-refractivity contribution in [2.24, 2.45) is 0 Å². The summed E-state index contributed by atoms with van der Waals surface area (Å²) in [5.41, 5.74) is 3.08. The molecule has 0 unspecified atom stereocenters. The highest BCUT2D eigenvalue weighted by Crippen LogP contribution is 2.28. The zero-order chi connectivity index (χ0) is 11.6. The third-order valence-electron chi connectivity index (χ3n) is 1.71. The number of rotatable bonds is 3. The monoisotopic (exact) mass is 219 g/mol. The molecule has 0 saturated heterocycles. The van der Waals surface area contributed by atoms with Gasteiger partial charge in [-0.1, -0.05) is 0 Å². The summed E-state index contributed by atoms with van der Waals surface area (Å²) in [5.74, 6) is 0. The molecular formula is C7H7F2N3O3. The van der Waals surface area contributed by atoms with Crippen LogP contribution < -0.4 is 5.73 Å². The van der Waals surface area contributed by atoms with Crippen LogP contribution in [0.1, 0.15) is 17.8 Å². The lowest BCUT2D eigenvalue weighted by Crippen LogP contribution is -2.06. The molecule has 1 aromatic rings. The summed E-state index contributed by atoms with van der Waals surface area (Å²) in [5, 5.41) is 19.2. The van der Waals surface area contributed by atoms with E-state index in [1.165, 1.54) is 0 Å². The average Bonchev–Trinajstić information content (AvgIpc) is 2.17. The lowest BCUT2D eigenvalue weighted by atomic mass is 10.2. The number of hydrogen-bond acceptors (Lipinski definition) is 5. The predicted octanol–water partition coefficient (Wildman–Crippen LogP) is 1.00. The van der Waals surface area contributed by atoms with Gasteiger partial charge in [0.1, 0.15) is 11.4 Å². The molecule has 1 aromatic heterocycles. The Hall–Kier alpha value is -1.83. The fourth-order valence-electron chi connectivity index (χ4n) is 0.997. The van der Waals surface area contributed by atoms with Crippen LogP contribution in [-0.2, 0) is 6.61 Å². The number of nitrogens with zero attached hydrogens (tertiary/aromatic N) is 2. The van der Waals surface area contributed by atoms with E-state index < -0.39 is 35.0 Å². The molecule has 0 saturated carbocycles. The molecule has 0 bridgehead atoms. The molecule has 0 radical (unpaired) electrons. The second-order valence-electron chi connectivity index (χ2n) is 2.64. The van der Waals surface area contributed by atoms with Gasteiger partial charge in [0, 0.05) is 6.07 Å². The van der Waals surface area contributed by atoms with Gasteiger partial charge in [-0.2, -0.15) is 0 Å². The number of nitrogens with two attached hydrogens (primary N) is 1. The SMILES string of the molecule is Nc1c([N+](=O)[O-])cc(C(F)F)nc1CO. The van der Waals surface area contributed by atoms with E-state index in [0.717, 1.165) is 0 Å². The quantitative estimate of drug-likeness (QED) is 0.583. The van der Waals surface area contributed by atoms with E-state index >= 15 is 0 Å². The molecule has 0 aliphatic carbocycles. The van der Waals surface area contributed by atoms with Crippen molar-refractivity contribution in [3.63, 3.8) is 0 Å². The third-order valence-corrected chi connectivity index (χ3v) is 1.71. The molecule has 0 atom stereocenters. The maximum Gasteiger partial charge on any atom is 0.296 e. The van der Waals surface area contributed by atoms with Crippen molar-refractivity contribution < 1.29 is 18.8 Å². The molecule has 0 aromatic carbocycles. The van der Waals surface area contributed by atoms with Gasteiger partial charge < -0.3 is 10.8 Å². The molecule has 0 amide bonds. The minimum absolute atomic E-state index is 0.320. The van der Waals surface area contributed by atoms with Crippen molar-refractivity contribution in [3.05, 3.63) is 27.6 Å². The van der Waals surface area contributed by atoms with Crippen molar-refractivity contribution in [2.45, 2.75) is 13.0 Å². The number of halogens is 2. The molecule has 0 aliphatic rings. The number of pyridine rings is 1. The van der Waals surface area contributed by atoms with Gasteiger partial charge >= 0.3 is 0 Å². The van der Waals surface area contributed by atoms with Gasteiger partial charge in [0.25, 0.3) is 12.1 Å². The van der Waals surface area contributed by atoms with E-state index in [0.29, 0.717) is 6.07 Å². The van der Waals surface area contributed by atoms with Crippen molar-refractivity contribution in [3.8, 4) is 0 Å². The Kier molecular flexibility index (Phi) is 3.10. The second kappa shape index (κ2) is 4.13. The smallest absolute Gasteiger partial charge is 0.296 e. The van der Waals surface area contributed by atoms with E-state index in [4.69, 9.17) is 10.8 Å². The second-order valence-corrected chi connectivity index (χ2v) is 2.64. The van der Waals surface area contributed by atoms with E-state index in [2.05, 4.69) is 4.98 Å². The van der Waals surface area contributed by atoms with Gasteiger partial charge in [0.15, 0.2) is 0 Å². The fraction of sp³-hybridized carbons (Fsp3) is 0.286. The molecule has 82 valence electrons. The van der Waals surface area contributed by atoms with Crippen molar-refractivity contribution >= 4 is 11.4 Å². The van der Waals surface area contributed by atoms with E-state index in [1.54, 1.807) is 0 Å². The topological polar surface area (TPSA) is 102 Å². The van der Waals surface area contributed by atoms with Crippen LogP contribution in [0, 0.1) is 10.1 Å². The molecule has 6 nitrogen and oxygen atoms in total. The largest absolute Gasteiger partial charge is 0.392 e. The van der Waals surface area contributed by atoms with Crippen LogP contribution >= 0.6 is 0 Å². The maximum atomic E-state index is 12.3. The Labute approximate surface area is 82.5 Å². The Morgan fingerprint density at radius 2 is 2.27 bits per heavy atom. The first-order chi connectivity index (χ1) is 6.97. The maximum absolute atomic E-state index is 12.3. The number of anilines is 1. The molecule has 3 N–H and O–H groups in total. The molecule has 15 heavy (non-hydrogen) atoms. The van der Waals surface area contributed by atoms with Crippen LogP contribution in [-0.4, -0.2) is 15.0 Å². The van der Waals surface area contributed by atoms with Crippen molar-refractivity contribution in [2.75, 3.05) is 5.73 Å². The standard InChI is InChI=1S/C7H7F2N3O3/c8-7(9)3-1-5(12(14)15)6(10)4(2-13)11-3/h1,7,13H,2,10H2. The summed E-state index contributed by atoms with van der Waals surface area (Å²) in [6, 6.07) is 0.596. The number of alkyl halides is 2. The van der Waals surface area contributed by atoms with E-state index in [-0.39, 0.29) is 5.69 Å². The van der Waals surface area contributed by atoms with E-state index in [1.807, 2.05) is 0 Å². The molecule has 1 heterocycles.